The van der Waals surface area contributed by atoms with Gasteiger partial charge in [-0.15, -0.1) is 17.9 Å². The molecule has 0 amide bonds. The van der Waals surface area contributed by atoms with E-state index >= 15 is 0 Å². The lowest BCUT2D eigenvalue weighted by Crippen LogP contribution is -2.28. The van der Waals surface area contributed by atoms with E-state index in [0.717, 1.165) is 19.4 Å². The summed E-state index contributed by atoms with van der Waals surface area (Å²) in [6.07, 6.45) is 4.13. The average Bonchev–Trinajstić information content (AvgIpc) is 2.57. The van der Waals surface area contributed by atoms with Gasteiger partial charge in [-0.25, -0.2) is 0 Å². The fourth-order valence-corrected chi connectivity index (χ4v) is 2.07. The van der Waals surface area contributed by atoms with Gasteiger partial charge in [0, 0.05) is 10.9 Å². The average molecular weight is 195 g/mol. The minimum atomic E-state index is 0.568. The molecule has 1 atom stereocenters. The molecular formula is C11H17NS. The molecule has 2 heteroatoms. The van der Waals surface area contributed by atoms with Gasteiger partial charge >= 0.3 is 0 Å². The van der Waals surface area contributed by atoms with E-state index in [2.05, 4.69) is 36.3 Å². The molecule has 0 bridgehead atoms. The van der Waals surface area contributed by atoms with Crippen LogP contribution in [0.3, 0.4) is 0 Å². The molecule has 1 aromatic rings. The second kappa shape index (κ2) is 5.95. The SMILES string of the molecule is C=CCCNC(C)Cc1cccs1. The summed E-state index contributed by atoms with van der Waals surface area (Å²) in [6.45, 7) is 6.96. The Morgan fingerprint density at radius 1 is 1.69 bits per heavy atom. The van der Waals surface area contributed by atoms with Crippen molar-refractivity contribution in [2.24, 2.45) is 0 Å². The first kappa shape index (κ1) is 10.5. The van der Waals surface area contributed by atoms with Crippen molar-refractivity contribution >= 4 is 11.3 Å². The third-order valence-electron chi connectivity index (χ3n) is 1.93. The van der Waals surface area contributed by atoms with Crippen LogP contribution in [0.4, 0.5) is 0 Å². The molecule has 0 aliphatic rings. The van der Waals surface area contributed by atoms with Crippen LogP contribution >= 0.6 is 11.3 Å². The van der Waals surface area contributed by atoms with E-state index in [1.165, 1.54) is 4.88 Å². The molecule has 1 rings (SSSR count). The summed E-state index contributed by atoms with van der Waals surface area (Å²) in [4.78, 5) is 1.46. The third-order valence-corrected chi connectivity index (χ3v) is 2.83. The molecule has 0 saturated heterocycles. The van der Waals surface area contributed by atoms with Crippen molar-refractivity contribution in [2.45, 2.75) is 25.8 Å². The summed E-state index contributed by atoms with van der Waals surface area (Å²) in [5.74, 6) is 0. The van der Waals surface area contributed by atoms with Crippen LogP contribution < -0.4 is 5.32 Å². The summed E-state index contributed by atoms with van der Waals surface area (Å²) in [7, 11) is 0. The van der Waals surface area contributed by atoms with Crippen LogP contribution in [0.15, 0.2) is 30.2 Å². The van der Waals surface area contributed by atoms with Gasteiger partial charge in [0.05, 0.1) is 0 Å². The Morgan fingerprint density at radius 2 is 2.54 bits per heavy atom. The van der Waals surface area contributed by atoms with Gasteiger partial charge in [0.2, 0.25) is 0 Å². The fraction of sp³-hybridized carbons (Fsp3) is 0.455. The van der Waals surface area contributed by atoms with Crippen molar-refractivity contribution < 1.29 is 0 Å². The van der Waals surface area contributed by atoms with E-state index < -0.39 is 0 Å². The van der Waals surface area contributed by atoms with Crippen molar-refractivity contribution in [3.05, 3.63) is 35.0 Å². The quantitative estimate of drug-likeness (QED) is 0.543. The largest absolute Gasteiger partial charge is 0.314 e. The molecule has 1 N–H and O–H groups in total. The number of thiophene rings is 1. The Hall–Kier alpha value is -0.600. The van der Waals surface area contributed by atoms with Crippen LogP contribution in [0.25, 0.3) is 0 Å². The molecule has 1 aromatic heterocycles. The molecule has 0 aliphatic heterocycles. The van der Waals surface area contributed by atoms with Crippen LogP contribution in [-0.4, -0.2) is 12.6 Å². The van der Waals surface area contributed by atoms with Gasteiger partial charge in [-0.3, -0.25) is 0 Å². The Kier molecular flexibility index (Phi) is 4.79. The number of rotatable bonds is 6. The molecule has 1 heterocycles. The first-order chi connectivity index (χ1) is 6.33. The zero-order valence-corrected chi connectivity index (χ0v) is 8.94. The molecule has 0 aliphatic carbocycles. The van der Waals surface area contributed by atoms with Gasteiger partial charge in [0.25, 0.3) is 0 Å². The van der Waals surface area contributed by atoms with Crippen molar-refractivity contribution in [1.29, 1.82) is 0 Å². The van der Waals surface area contributed by atoms with Crippen molar-refractivity contribution in [1.82, 2.24) is 5.32 Å². The maximum Gasteiger partial charge on any atom is 0.00871 e. The minimum Gasteiger partial charge on any atom is -0.314 e. The molecule has 0 saturated carbocycles. The van der Waals surface area contributed by atoms with Crippen LogP contribution in [0.5, 0.6) is 0 Å². The highest BCUT2D eigenvalue weighted by molar-refractivity contribution is 7.09. The van der Waals surface area contributed by atoms with Gasteiger partial charge < -0.3 is 5.32 Å². The van der Waals surface area contributed by atoms with E-state index in [1.807, 2.05) is 17.4 Å². The van der Waals surface area contributed by atoms with Crippen LogP contribution in [-0.2, 0) is 6.42 Å². The summed E-state index contributed by atoms with van der Waals surface area (Å²) >= 11 is 1.83. The highest BCUT2D eigenvalue weighted by atomic mass is 32.1. The summed E-state index contributed by atoms with van der Waals surface area (Å²) in [5.41, 5.74) is 0. The lowest BCUT2D eigenvalue weighted by atomic mass is 10.2. The van der Waals surface area contributed by atoms with Crippen molar-refractivity contribution in [3.8, 4) is 0 Å². The number of nitrogens with one attached hydrogen (secondary N) is 1. The predicted octanol–water partition coefficient (Wildman–Crippen LogP) is 2.84. The molecule has 72 valence electrons. The molecular weight excluding hydrogens is 178 g/mol. The van der Waals surface area contributed by atoms with Crippen molar-refractivity contribution in [3.63, 3.8) is 0 Å². The van der Waals surface area contributed by atoms with Crippen LogP contribution in [0.1, 0.15) is 18.2 Å². The lowest BCUT2D eigenvalue weighted by Gasteiger charge is -2.11. The first-order valence-electron chi connectivity index (χ1n) is 4.69. The smallest absolute Gasteiger partial charge is 0.00871 e. The molecule has 0 spiro atoms. The number of hydrogen-bond acceptors (Lipinski definition) is 2. The zero-order chi connectivity index (χ0) is 9.52. The third kappa shape index (κ3) is 4.25. The summed E-state index contributed by atoms with van der Waals surface area (Å²) < 4.78 is 0. The van der Waals surface area contributed by atoms with E-state index in [0.29, 0.717) is 6.04 Å². The number of hydrogen-bond donors (Lipinski definition) is 1. The molecule has 13 heavy (non-hydrogen) atoms. The lowest BCUT2D eigenvalue weighted by molar-refractivity contribution is 0.555. The van der Waals surface area contributed by atoms with Crippen LogP contribution in [0.2, 0.25) is 0 Å². The summed E-state index contributed by atoms with van der Waals surface area (Å²) in [5, 5.41) is 5.59. The van der Waals surface area contributed by atoms with Gasteiger partial charge in [-0.2, -0.15) is 0 Å². The highest BCUT2D eigenvalue weighted by Gasteiger charge is 2.01. The molecule has 0 aromatic carbocycles. The second-order valence-corrected chi connectivity index (χ2v) is 4.25. The second-order valence-electron chi connectivity index (χ2n) is 3.22. The fourth-order valence-electron chi connectivity index (χ4n) is 1.23. The molecule has 0 radical (unpaired) electrons. The minimum absolute atomic E-state index is 0.568. The van der Waals surface area contributed by atoms with Gasteiger partial charge in [0.1, 0.15) is 0 Å². The van der Waals surface area contributed by atoms with E-state index in [9.17, 15) is 0 Å². The molecule has 1 nitrogen and oxygen atoms in total. The van der Waals surface area contributed by atoms with Crippen LogP contribution in [0, 0.1) is 0 Å². The maximum atomic E-state index is 3.70. The van der Waals surface area contributed by atoms with E-state index in [-0.39, 0.29) is 0 Å². The zero-order valence-electron chi connectivity index (χ0n) is 8.12. The maximum absolute atomic E-state index is 3.70. The van der Waals surface area contributed by atoms with Gasteiger partial charge in [-0.1, -0.05) is 12.1 Å². The van der Waals surface area contributed by atoms with E-state index in [4.69, 9.17) is 0 Å². The molecule has 0 fully saturated rings. The van der Waals surface area contributed by atoms with E-state index in [1.54, 1.807) is 0 Å². The normalized spacial score (nSPS) is 12.7. The Morgan fingerprint density at radius 3 is 3.15 bits per heavy atom. The summed E-state index contributed by atoms with van der Waals surface area (Å²) in [6, 6.07) is 4.87. The predicted molar refractivity (Wildman–Crippen MR) is 60.3 cm³/mol. The monoisotopic (exact) mass is 195 g/mol. The molecule has 1 unspecified atom stereocenters. The Balaban J connectivity index is 2.17. The Labute approximate surface area is 84.5 Å². The topological polar surface area (TPSA) is 12.0 Å². The van der Waals surface area contributed by atoms with Crippen molar-refractivity contribution in [2.75, 3.05) is 6.54 Å². The van der Waals surface area contributed by atoms with Gasteiger partial charge in [-0.05, 0) is 37.8 Å². The highest BCUT2D eigenvalue weighted by Crippen LogP contribution is 2.10. The Bertz CT molecular complexity index is 228. The first-order valence-corrected chi connectivity index (χ1v) is 5.57. The van der Waals surface area contributed by atoms with Gasteiger partial charge in [0.15, 0.2) is 0 Å². The standard InChI is InChI=1S/C11H17NS/c1-3-4-7-12-10(2)9-11-6-5-8-13-11/h3,5-6,8,10,12H,1,4,7,9H2,2H3.